The molecule has 0 spiro atoms. The Hall–Kier alpha value is -3.08. The van der Waals surface area contributed by atoms with Gasteiger partial charge in [0.15, 0.2) is 0 Å². The van der Waals surface area contributed by atoms with Gasteiger partial charge in [-0.2, -0.15) is 0 Å². The summed E-state index contributed by atoms with van der Waals surface area (Å²) in [5.41, 5.74) is 4.68. The molecule has 5 nitrogen and oxygen atoms in total. The van der Waals surface area contributed by atoms with Crippen LogP contribution in [0.2, 0.25) is 0 Å². The number of rotatable bonds is 4. The van der Waals surface area contributed by atoms with Gasteiger partial charge in [-0.25, -0.2) is 4.90 Å². The highest BCUT2D eigenvalue weighted by molar-refractivity contribution is 6.45. The van der Waals surface area contributed by atoms with Crippen LogP contribution in [0.1, 0.15) is 36.5 Å². The molecule has 1 saturated heterocycles. The van der Waals surface area contributed by atoms with Crippen LogP contribution in [-0.2, 0) is 9.59 Å². The molecule has 5 heteroatoms. The van der Waals surface area contributed by atoms with Gasteiger partial charge in [0.2, 0.25) is 0 Å². The van der Waals surface area contributed by atoms with Crippen molar-refractivity contribution >= 4 is 23.1 Å². The van der Waals surface area contributed by atoms with Gasteiger partial charge in [0, 0.05) is 13.1 Å². The first-order chi connectivity index (χ1) is 14.4. The number of aryl methyl sites for hydroxylation is 2. The molecule has 156 valence electrons. The van der Waals surface area contributed by atoms with Gasteiger partial charge in [-0.05, 0) is 73.6 Å². The van der Waals surface area contributed by atoms with Gasteiger partial charge in [0.1, 0.15) is 11.4 Å². The molecule has 0 saturated carbocycles. The highest BCUT2D eigenvalue weighted by atomic mass is 16.5. The average molecular weight is 405 g/mol. The summed E-state index contributed by atoms with van der Waals surface area (Å²) in [5, 5.41) is 0. The SMILES string of the molecule is COc1ccc(N2C(=O)C(c3ccc(C)c(C)c3)=C(N3CCC(C)CC3)C2=O)cc1. The summed E-state index contributed by atoms with van der Waals surface area (Å²) in [7, 11) is 1.59. The lowest BCUT2D eigenvalue weighted by atomic mass is 9.96. The van der Waals surface area contributed by atoms with Gasteiger partial charge >= 0.3 is 0 Å². The quantitative estimate of drug-likeness (QED) is 0.712. The first kappa shape index (κ1) is 20.2. The summed E-state index contributed by atoms with van der Waals surface area (Å²) in [5.74, 6) is 0.817. The number of nitrogens with zero attached hydrogens (tertiary/aromatic N) is 2. The van der Waals surface area contributed by atoms with Gasteiger partial charge in [-0.15, -0.1) is 0 Å². The number of hydrogen-bond donors (Lipinski definition) is 0. The van der Waals surface area contributed by atoms with Crippen LogP contribution in [0, 0.1) is 19.8 Å². The molecule has 0 aliphatic carbocycles. The highest BCUT2D eigenvalue weighted by Crippen LogP contribution is 2.37. The zero-order chi connectivity index (χ0) is 21.4. The Bertz CT molecular complexity index is 1020. The van der Waals surface area contributed by atoms with Crippen LogP contribution < -0.4 is 9.64 Å². The monoisotopic (exact) mass is 404 g/mol. The molecule has 0 aromatic heterocycles. The Balaban J connectivity index is 1.80. The van der Waals surface area contributed by atoms with E-state index in [-0.39, 0.29) is 11.8 Å². The summed E-state index contributed by atoms with van der Waals surface area (Å²) in [6, 6.07) is 13.0. The first-order valence-corrected chi connectivity index (χ1v) is 10.5. The summed E-state index contributed by atoms with van der Waals surface area (Å²) >= 11 is 0. The minimum atomic E-state index is -0.262. The molecule has 0 bridgehead atoms. The number of piperidine rings is 1. The van der Waals surface area contributed by atoms with E-state index < -0.39 is 0 Å². The van der Waals surface area contributed by atoms with Crippen LogP contribution >= 0.6 is 0 Å². The molecule has 2 aromatic carbocycles. The first-order valence-electron chi connectivity index (χ1n) is 10.5. The summed E-state index contributed by atoms with van der Waals surface area (Å²) in [4.78, 5) is 30.5. The largest absolute Gasteiger partial charge is 0.497 e. The Morgan fingerprint density at radius 2 is 1.57 bits per heavy atom. The van der Waals surface area contributed by atoms with Crippen molar-refractivity contribution in [3.05, 3.63) is 64.9 Å². The van der Waals surface area contributed by atoms with Crippen LogP contribution in [0.15, 0.2) is 48.2 Å². The van der Waals surface area contributed by atoms with E-state index in [9.17, 15) is 9.59 Å². The Morgan fingerprint density at radius 1 is 0.900 bits per heavy atom. The third kappa shape index (κ3) is 3.49. The standard InChI is InChI=1S/C25H28N2O3/c1-16-11-13-26(14-12-16)23-22(19-6-5-17(2)18(3)15-19)24(28)27(25(23)29)20-7-9-21(30-4)10-8-20/h5-10,15-16H,11-14H2,1-4H3. The highest BCUT2D eigenvalue weighted by Gasteiger charge is 2.43. The number of carbonyl (C=O) groups excluding carboxylic acids is 2. The number of benzene rings is 2. The molecule has 0 atom stereocenters. The van der Waals surface area contributed by atoms with E-state index in [0.29, 0.717) is 28.6 Å². The number of carbonyl (C=O) groups is 2. The second-order valence-electron chi connectivity index (χ2n) is 8.34. The maximum atomic E-state index is 13.6. The number of imide groups is 1. The van der Waals surface area contributed by atoms with E-state index >= 15 is 0 Å². The number of anilines is 1. The average Bonchev–Trinajstić information content (AvgIpc) is 3.01. The number of hydrogen-bond acceptors (Lipinski definition) is 4. The second kappa shape index (κ2) is 7.98. The lowest BCUT2D eigenvalue weighted by molar-refractivity contribution is -0.120. The van der Waals surface area contributed by atoms with Crippen molar-refractivity contribution in [2.75, 3.05) is 25.1 Å². The van der Waals surface area contributed by atoms with Crippen molar-refractivity contribution in [1.82, 2.24) is 4.90 Å². The van der Waals surface area contributed by atoms with Crippen molar-refractivity contribution in [2.24, 2.45) is 5.92 Å². The van der Waals surface area contributed by atoms with Gasteiger partial charge < -0.3 is 9.64 Å². The van der Waals surface area contributed by atoms with Gasteiger partial charge in [-0.3, -0.25) is 9.59 Å². The van der Waals surface area contributed by atoms with Crippen molar-refractivity contribution in [2.45, 2.75) is 33.6 Å². The predicted molar refractivity (Wildman–Crippen MR) is 118 cm³/mol. The zero-order valence-corrected chi connectivity index (χ0v) is 18.1. The molecular weight excluding hydrogens is 376 g/mol. The van der Waals surface area contributed by atoms with Crippen molar-refractivity contribution in [1.29, 1.82) is 0 Å². The minimum Gasteiger partial charge on any atom is -0.497 e. The van der Waals surface area contributed by atoms with Crippen molar-refractivity contribution < 1.29 is 14.3 Å². The van der Waals surface area contributed by atoms with Gasteiger partial charge in [0.25, 0.3) is 11.8 Å². The van der Waals surface area contributed by atoms with Crippen molar-refractivity contribution in [3.63, 3.8) is 0 Å². The maximum absolute atomic E-state index is 13.6. The number of methoxy groups -OCH3 is 1. The van der Waals surface area contributed by atoms with Crippen LogP contribution in [0.4, 0.5) is 5.69 Å². The second-order valence-corrected chi connectivity index (χ2v) is 8.34. The third-order valence-electron chi connectivity index (χ3n) is 6.29. The molecule has 1 fully saturated rings. The smallest absolute Gasteiger partial charge is 0.282 e. The molecule has 0 radical (unpaired) electrons. The minimum absolute atomic E-state index is 0.243. The summed E-state index contributed by atoms with van der Waals surface area (Å²) in [6.07, 6.45) is 2.04. The fraction of sp³-hybridized carbons (Fsp3) is 0.360. The summed E-state index contributed by atoms with van der Waals surface area (Å²) < 4.78 is 5.22. The van der Waals surface area contributed by atoms with E-state index in [1.54, 1.807) is 31.4 Å². The topological polar surface area (TPSA) is 49.9 Å². The zero-order valence-electron chi connectivity index (χ0n) is 18.1. The van der Waals surface area contributed by atoms with Gasteiger partial charge in [-0.1, -0.05) is 25.1 Å². The molecule has 0 N–H and O–H groups in total. The summed E-state index contributed by atoms with van der Waals surface area (Å²) in [6.45, 7) is 7.90. The number of ether oxygens (including phenoxy) is 1. The molecule has 30 heavy (non-hydrogen) atoms. The van der Waals surface area contributed by atoms with Crippen LogP contribution in [0.5, 0.6) is 5.75 Å². The van der Waals surface area contributed by atoms with E-state index in [1.807, 2.05) is 32.0 Å². The molecular formula is C25H28N2O3. The molecule has 2 amide bonds. The molecule has 2 heterocycles. The van der Waals surface area contributed by atoms with Crippen LogP contribution in [0.3, 0.4) is 0 Å². The Labute approximate surface area is 177 Å². The fourth-order valence-electron chi connectivity index (χ4n) is 4.17. The number of amides is 2. The van der Waals surface area contributed by atoms with E-state index in [2.05, 4.69) is 11.8 Å². The third-order valence-corrected chi connectivity index (χ3v) is 6.29. The number of likely N-dealkylation sites (tertiary alicyclic amines) is 1. The van der Waals surface area contributed by atoms with E-state index in [1.165, 1.54) is 4.90 Å². The lowest BCUT2D eigenvalue weighted by Crippen LogP contribution is -2.38. The maximum Gasteiger partial charge on any atom is 0.282 e. The Morgan fingerprint density at radius 3 is 2.17 bits per heavy atom. The molecule has 0 unspecified atom stereocenters. The molecule has 2 aliphatic rings. The van der Waals surface area contributed by atoms with Crippen LogP contribution in [-0.4, -0.2) is 36.9 Å². The predicted octanol–water partition coefficient (Wildman–Crippen LogP) is 4.33. The van der Waals surface area contributed by atoms with Gasteiger partial charge in [0.05, 0.1) is 18.4 Å². The molecule has 2 aliphatic heterocycles. The molecule has 2 aromatic rings. The van der Waals surface area contributed by atoms with Crippen LogP contribution in [0.25, 0.3) is 5.57 Å². The Kier molecular flexibility index (Phi) is 5.37. The van der Waals surface area contributed by atoms with E-state index in [4.69, 9.17) is 4.74 Å². The normalized spacial score (nSPS) is 17.9. The fourth-order valence-corrected chi connectivity index (χ4v) is 4.17. The molecule has 4 rings (SSSR count). The van der Waals surface area contributed by atoms with Crippen molar-refractivity contribution in [3.8, 4) is 5.75 Å². The lowest BCUT2D eigenvalue weighted by Gasteiger charge is -2.32. The van der Waals surface area contributed by atoms with E-state index in [0.717, 1.165) is 42.6 Å².